The smallest absolute Gasteiger partial charge is 0.264 e. The summed E-state index contributed by atoms with van der Waals surface area (Å²) >= 11 is 1.62. The number of benzene rings is 1. The molecule has 2 aromatic heterocycles. The van der Waals surface area contributed by atoms with Crippen molar-refractivity contribution in [1.82, 2.24) is 20.1 Å². The van der Waals surface area contributed by atoms with Gasteiger partial charge in [-0.15, -0.1) is 0 Å². The number of piperidine rings is 1. The number of anilines is 1. The first kappa shape index (κ1) is 22.3. The fourth-order valence-corrected chi connectivity index (χ4v) is 5.37. The zero-order chi connectivity index (χ0) is 23.8. The van der Waals surface area contributed by atoms with Crippen molar-refractivity contribution in [3.63, 3.8) is 0 Å². The molecule has 3 amide bonds. The number of aromatic nitrogens is 2. The summed E-state index contributed by atoms with van der Waals surface area (Å²) in [6.07, 6.45) is 1.64. The predicted octanol–water partition coefficient (Wildman–Crippen LogP) is 3.11. The molecule has 2 aliphatic rings. The minimum absolute atomic E-state index is 0.00953. The van der Waals surface area contributed by atoms with Gasteiger partial charge in [0, 0.05) is 26.7 Å². The minimum Gasteiger partial charge on any atom is -0.370 e. The molecule has 1 unspecified atom stereocenters. The highest BCUT2D eigenvalue weighted by Crippen LogP contribution is 2.35. The third kappa shape index (κ3) is 3.98. The van der Waals surface area contributed by atoms with Crippen molar-refractivity contribution in [2.45, 2.75) is 32.9 Å². The van der Waals surface area contributed by atoms with Crippen LogP contribution in [0.25, 0.3) is 0 Å². The van der Waals surface area contributed by atoms with E-state index in [1.807, 2.05) is 24.6 Å². The fourth-order valence-electron chi connectivity index (χ4n) is 4.71. The molecule has 0 aliphatic carbocycles. The second-order valence-corrected chi connectivity index (χ2v) is 9.58. The van der Waals surface area contributed by atoms with Gasteiger partial charge in [0.05, 0.1) is 29.3 Å². The van der Waals surface area contributed by atoms with E-state index in [2.05, 4.69) is 20.6 Å². The lowest BCUT2D eigenvalue weighted by Crippen LogP contribution is -2.44. The third-order valence-corrected chi connectivity index (χ3v) is 7.25. The Balaban J connectivity index is 1.35. The maximum Gasteiger partial charge on any atom is 0.264 e. The van der Waals surface area contributed by atoms with Gasteiger partial charge < -0.3 is 9.80 Å². The number of nitrogens with zero attached hydrogens (tertiary/aromatic N) is 5. The Bertz CT molecular complexity index is 1240. The molecule has 1 saturated heterocycles. The number of aryl methyl sites for hydroxylation is 1. The number of imide groups is 1. The van der Waals surface area contributed by atoms with Crippen molar-refractivity contribution in [3.8, 4) is 0 Å². The number of amides is 3. The van der Waals surface area contributed by atoms with Crippen molar-refractivity contribution in [3.05, 3.63) is 63.1 Å². The lowest BCUT2D eigenvalue weighted by molar-refractivity contribution is -0.135. The molecule has 5 rings (SSSR count). The molecule has 3 aromatic rings. The topological polar surface area (TPSA) is 99.8 Å². The molecule has 9 nitrogen and oxygen atoms in total. The molecule has 0 N–H and O–H groups in total. The van der Waals surface area contributed by atoms with Gasteiger partial charge in [0.25, 0.3) is 11.8 Å². The maximum absolute atomic E-state index is 13.3. The summed E-state index contributed by atoms with van der Waals surface area (Å²) < 4.78 is 4.72. The average Bonchev–Trinajstić information content (AvgIpc) is 3.57. The van der Waals surface area contributed by atoms with Crippen LogP contribution < -0.4 is 4.90 Å². The van der Waals surface area contributed by atoms with Gasteiger partial charge >= 0.3 is 0 Å². The quantitative estimate of drug-likeness (QED) is 0.501. The standard InChI is InChI=1S/C24H25N5O4S/c1-15-19(26-33-25-15)13-29-23(31)18-6-3-7-20(21(18)24(29)32)28-9-4-5-17(12-28)22(30)27(2)11-16-8-10-34-14-16/h3,6-8,10,14,17H,4-5,9,11-13H2,1-2H3. The third-order valence-electron chi connectivity index (χ3n) is 6.52. The molecule has 0 spiro atoms. The summed E-state index contributed by atoms with van der Waals surface area (Å²) in [4.78, 5) is 44.6. The molecule has 34 heavy (non-hydrogen) atoms. The van der Waals surface area contributed by atoms with Crippen LogP contribution in [0.15, 0.2) is 39.7 Å². The number of thiophene rings is 1. The fraction of sp³-hybridized carbons (Fsp3) is 0.375. The molecule has 10 heteroatoms. The van der Waals surface area contributed by atoms with Crippen molar-refractivity contribution in [2.24, 2.45) is 5.92 Å². The molecule has 0 saturated carbocycles. The predicted molar refractivity (Wildman–Crippen MR) is 125 cm³/mol. The summed E-state index contributed by atoms with van der Waals surface area (Å²) in [5.41, 5.74) is 3.58. The summed E-state index contributed by atoms with van der Waals surface area (Å²) in [5.74, 6) is -0.785. The molecule has 4 heterocycles. The Hall–Kier alpha value is -3.53. The van der Waals surface area contributed by atoms with Crippen LogP contribution in [0.2, 0.25) is 0 Å². The van der Waals surface area contributed by atoms with E-state index in [0.29, 0.717) is 41.3 Å². The molecule has 1 aromatic carbocycles. The molecule has 1 atom stereocenters. The van der Waals surface area contributed by atoms with Gasteiger partial charge in [-0.2, -0.15) is 11.3 Å². The Morgan fingerprint density at radius 2 is 2.09 bits per heavy atom. The van der Waals surface area contributed by atoms with Crippen LogP contribution in [0.4, 0.5) is 5.69 Å². The van der Waals surface area contributed by atoms with Crippen LogP contribution >= 0.6 is 11.3 Å². The largest absolute Gasteiger partial charge is 0.370 e. The van der Waals surface area contributed by atoms with Gasteiger partial charge in [0.15, 0.2) is 0 Å². The number of carbonyl (C=O) groups excluding carboxylic acids is 3. The summed E-state index contributed by atoms with van der Waals surface area (Å²) in [6.45, 7) is 3.54. The number of rotatable bonds is 6. The Morgan fingerprint density at radius 3 is 2.82 bits per heavy atom. The summed E-state index contributed by atoms with van der Waals surface area (Å²) in [6, 6.07) is 7.35. The minimum atomic E-state index is -0.360. The van der Waals surface area contributed by atoms with Crippen LogP contribution in [-0.4, -0.2) is 58.0 Å². The van der Waals surface area contributed by atoms with Gasteiger partial charge in [-0.25, -0.2) is 4.63 Å². The van der Waals surface area contributed by atoms with E-state index >= 15 is 0 Å². The highest BCUT2D eigenvalue weighted by Gasteiger charge is 2.40. The molecular weight excluding hydrogens is 454 g/mol. The molecule has 176 valence electrons. The Kier molecular flexibility index (Phi) is 5.91. The molecule has 2 aliphatic heterocycles. The lowest BCUT2D eigenvalue weighted by atomic mass is 9.95. The normalized spacial score (nSPS) is 17.9. The van der Waals surface area contributed by atoms with Crippen LogP contribution in [0.1, 0.15) is 50.5 Å². The van der Waals surface area contributed by atoms with Gasteiger partial charge in [-0.05, 0) is 54.3 Å². The highest BCUT2D eigenvalue weighted by atomic mass is 32.1. The second kappa shape index (κ2) is 9.02. The second-order valence-electron chi connectivity index (χ2n) is 8.80. The van der Waals surface area contributed by atoms with Gasteiger partial charge in [0.1, 0.15) is 11.4 Å². The Morgan fingerprint density at radius 1 is 1.24 bits per heavy atom. The van der Waals surface area contributed by atoms with Crippen molar-refractivity contribution in [1.29, 1.82) is 0 Å². The monoisotopic (exact) mass is 479 g/mol. The first-order chi connectivity index (χ1) is 16.4. The van der Waals surface area contributed by atoms with Crippen LogP contribution in [-0.2, 0) is 17.9 Å². The van der Waals surface area contributed by atoms with Gasteiger partial charge in [0.2, 0.25) is 5.91 Å². The zero-order valence-electron chi connectivity index (χ0n) is 19.1. The first-order valence-electron chi connectivity index (χ1n) is 11.2. The van der Waals surface area contributed by atoms with E-state index in [4.69, 9.17) is 4.63 Å². The number of fused-ring (bicyclic) bond motifs is 1. The van der Waals surface area contributed by atoms with Crippen LogP contribution in [0, 0.1) is 12.8 Å². The van der Waals surface area contributed by atoms with E-state index in [0.717, 1.165) is 24.9 Å². The van der Waals surface area contributed by atoms with E-state index in [1.165, 1.54) is 4.90 Å². The van der Waals surface area contributed by atoms with Crippen molar-refractivity contribution in [2.75, 3.05) is 25.0 Å². The summed E-state index contributed by atoms with van der Waals surface area (Å²) in [5, 5.41) is 11.6. The molecule has 0 bridgehead atoms. The number of carbonyl (C=O) groups is 3. The van der Waals surface area contributed by atoms with E-state index < -0.39 is 0 Å². The summed E-state index contributed by atoms with van der Waals surface area (Å²) in [7, 11) is 1.83. The first-order valence-corrected chi connectivity index (χ1v) is 12.2. The van der Waals surface area contributed by atoms with Crippen molar-refractivity contribution < 1.29 is 19.0 Å². The molecule has 1 fully saturated rings. The number of hydrogen-bond donors (Lipinski definition) is 0. The zero-order valence-corrected chi connectivity index (χ0v) is 19.9. The molecule has 0 radical (unpaired) electrons. The maximum atomic E-state index is 13.3. The van der Waals surface area contributed by atoms with Gasteiger partial charge in [-0.3, -0.25) is 19.3 Å². The van der Waals surface area contributed by atoms with E-state index in [1.54, 1.807) is 35.3 Å². The molecular formula is C24H25N5O4S. The SMILES string of the molecule is Cc1nonc1CN1C(=O)c2cccc(N3CCCC(C(=O)N(C)Cc4ccsc4)C3)c2C1=O. The number of hydrogen-bond acceptors (Lipinski definition) is 8. The van der Waals surface area contributed by atoms with Crippen LogP contribution in [0.5, 0.6) is 0 Å². The van der Waals surface area contributed by atoms with Crippen LogP contribution in [0.3, 0.4) is 0 Å². The highest BCUT2D eigenvalue weighted by molar-refractivity contribution is 7.07. The van der Waals surface area contributed by atoms with E-state index in [9.17, 15) is 14.4 Å². The van der Waals surface area contributed by atoms with Crippen molar-refractivity contribution >= 4 is 34.7 Å². The Labute approximate surface area is 200 Å². The van der Waals surface area contributed by atoms with E-state index in [-0.39, 0.29) is 30.2 Å². The average molecular weight is 480 g/mol. The van der Waals surface area contributed by atoms with Gasteiger partial charge in [-0.1, -0.05) is 16.4 Å². The lowest BCUT2D eigenvalue weighted by Gasteiger charge is -2.36.